The third-order valence-electron chi connectivity index (χ3n) is 2.68. The van der Waals surface area contributed by atoms with E-state index in [1.165, 1.54) is 11.8 Å². The van der Waals surface area contributed by atoms with Crippen LogP contribution >= 0.6 is 27.7 Å². The van der Waals surface area contributed by atoms with Gasteiger partial charge in [0.25, 0.3) is 5.89 Å². The van der Waals surface area contributed by atoms with E-state index in [-0.39, 0.29) is 5.82 Å². The van der Waals surface area contributed by atoms with Gasteiger partial charge in [-0.1, -0.05) is 21.1 Å². The maximum atomic E-state index is 12.8. The molecule has 0 radical (unpaired) electrons. The lowest BCUT2D eigenvalue weighted by Crippen LogP contribution is -2.48. The van der Waals surface area contributed by atoms with Crippen molar-refractivity contribution in [1.29, 1.82) is 0 Å². The smallest absolute Gasteiger partial charge is 0.337 e. The van der Waals surface area contributed by atoms with Gasteiger partial charge in [0.15, 0.2) is 11.4 Å². The van der Waals surface area contributed by atoms with E-state index in [0.717, 1.165) is 16.3 Å². The summed E-state index contributed by atoms with van der Waals surface area (Å²) in [6.45, 7) is 0.798. The molecule has 0 fully saturated rings. The molecule has 1 heterocycles. The third kappa shape index (κ3) is 3.78. The first kappa shape index (κ1) is 16.3. The molecular weight excluding hydrogens is 371 g/mol. The van der Waals surface area contributed by atoms with E-state index in [1.54, 1.807) is 0 Å². The van der Waals surface area contributed by atoms with Crippen LogP contribution in [0.5, 0.6) is 0 Å². The second-order valence-corrected chi connectivity index (χ2v) is 6.42. The number of thioether (sulfide) groups is 1. The molecule has 0 aliphatic heterocycles. The number of hydrogen-bond donors (Lipinski definition) is 1. The molecule has 2 aromatic rings. The highest BCUT2D eigenvalue weighted by Gasteiger charge is 2.53. The van der Waals surface area contributed by atoms with Gasteiger partial charge >= 0.3 is 6.18 Å². The summed E-state index contributed by atoms with van der Waals surface area (Å²) >= 11 is 4.70. The van der Waals surface area contributed by atoms with Crippen LogP contribution in [0.15, 0.2) is 38.2 Å². The minimum atomic E-state index is -4.66. The molecule has 0 bridgehead atoms. The minimum absolute atomic E-state index is 0.166. The van der Waals surface area contributed by atoms with Crippen molar-refractivity contribution >= 4 is 27.7 Å². The number of hydrogen-bond acceptors (Lipinski definition) is 5. The van der Waals surface area contributed by atoms with Crippen LogP contribution in [-0.4, -0.2) is 16.3 Å². The fraction of sp³-hybridized carbons (Fsp3) is 0.333. The number of nitrogens with two attached hydrogens (primary N) is 1. The molecule has 4 nitrogen and oxygen atoms in total. The highest BCUT2D eigenvalue weighted by molar-refractivity contribution is 9.10. The molecule has 0 aliphatic carbocycles. The quantitative estimate of drug-likeness (QED) is 0.814. The Morgan fingerprint density at radius 3 is 2.48 bits per heavy atom. The van der Waals surface area contributed by atoms with Crippen LogP contribution in [0.1, 0.15) is 18.6 Å². The zero-order valence-electron chi connectivity index (χ0n) is 10.8. The second-order valence-electron chi connectivity index (χ2n) is 4.46. The summed E-state index contributed by atoms with van der Waals surface area (Å²) in [5.41, 5.74) is 2.57. The number of benzene rings is 1. The fourth-order valence-electron chi connectivity index (χ4n) is 1.32. The Kier molecular flexibility index (Phi) is 4.64. The van der Waals surface area contributed by atoms with Crippen molar-refractivity contribution < 1.29 is 17.7 Å². The molecule has 114 valence electrons. The van der Waals surface area contributed by atoms with Gasteiger partial charge in [0, 0.05) is 9.37 Å². The van der Waals surface area contributed by atoms with Crippen molar-refractivity contribution in [3.8, 4) is 0 Å². The molecule has 2 rings (SSSR count). The van der Waals surface area contributed by atoms with Crippen LogP contribution < -0.4 is 5.73 Å². The summed E-state index contributed by atoms with van der Waals surface area (Å²) in [5, 5.41) is 3.53. The molecule has 1 aromatic heterocycles. The maximum absolute atomic E-state index is 12.8. The van der Waals surface area contributed by atoms with E-state index in [0.29, 0.717) is 5.75 Å². The standard InChI is InChI=1S/C12H11BrF3N3OS/c1-11(17,12(14,15)16)10-18-9(19-20-10)6-21-8-4-2-7(13)3-5-8/h2-5H,6,17H2,1H3. The molecule has 0 amide bonds. The summed E-state index contributed by atoms with van der Waals surface area (Å²) in [7, 11) is 0. The average Bonchev–Trinajstić information content (AvgIpc) is 2.86. The van der Waals surface area contributed by atoms with Crippen molar-refractivity contribution in [1.82, 2.24) is 10.1 Å². The number of aromatic nitrogens is 2. The van der Waals surface area contributed by atoms with Gasteiger partial charge in [-0.2, -0.15) is 18.2 Å². The molecule has 0 spiro atoms. The Morgan fingerprint density at radius 1 is 1.29 bits per heavy atom. The van der Waals surface area contributed by atoms with E-state index >= 15 is 0 Å². The van der Waals surface area contributed by atoms with E-state index in [9.17, 15) is 13.2 Å². The molecule has 2 N–H and O–H groups in total. The molecule has 0 saturated heterocycles. The Hall–Kier alpha value is -1.06. The van der Waals surface area contributed by atoms with Crippen LogP contribution in [-0.2, 0) is 11.3 Å². The van der Waals surface area contributed by atoms with Crippen LogP contribution in [0.3, 0.4) is 0 Å². The lowest BCUT2D eigenvalue weighted by molar-refractivity contribution is -0.190. The van der Waals surface area contributed by atoms with E-state index in [1.807, 2.05) is 24.3 Å². The molecule has 21 heavy (non-hydrogen) atoms. The molecular formula is C12H11BrF3N3OS. The summed E-state index contributed by atoms with van der Waals surface area (Å²) in [4.78, 5) is 4.67. The highest BCUT2D eigenvalue weighted by Crippen LogP contribution is 2.35. The first-order valence-corrected chi connectivity index (χ1v) is 7.55. The van der Waals surface area contributed by atoms with E-state index < -0.39 is 17.6 Å². The number of rotatable bonds is 4. The molecule has 0 saturated carbocycles. The largest absolute Gasteiger partial charge is 0.415 e. The van der Waals surface area contributed by atoms with Crippen LogP contribution in [0.2, 0.25) is 0 Å². The van der Waals surface area contributed by atoms with Crippen molar-refractivity contribution in [2.24, 2.45) is 5.73 Å². The highest BCUT2D eigenvalue weighted by atomic mass is 79.9. The predicted octanol–water partition coefficient (Wildman–Crippen LogP) is 3.86. The topological polar surface area (TPSA) is 64.9 Å². The Balaban J connectivity index is 2.05. The number of nitrogens with zero attached hydrogens (tertiary/aromatic N) is 2. The Morgan fingerprint density at radius 2 is 1.90 bits per heavy atom. The lowest BCUT2D eigenvalue weighted by Gasteiger charge is -2.22. The molecule has 0 aliphatic rings. The van der Waals surface area contributed by atoms with Crippen molar-refractivity contribution in [3.63, 3.8) is 0 Å². The zero-order valence-corrected chi connectivity index (χ0v) is 13.2. The second kappa shape index (κ2) is 5.98. The van der Waals surface area contributed by atoms with Crippen molar-refractivity contribution in [2.45, 2.75) is 29.3 Å². The molecule has 1 unspecified atom stereocenters. The fourth-order valence-corrected chi connectivity index (χ4v) is 2.33. The predicted molar refractivity (Wildman–Crippen MR) is 75.6 cm³/mol. The van der Waals surface area contributed by atoms with Crippen LogP contribution in [0.4, 0.5) is 13.2 Å². The summed E-state index contributed by atoms with van der Waals surface area (Å²) in [6.07, 6.45) is -4.66. The van der Waals surface area contributed by atoms with Gasteiger partial charge in [-0.25, -0.2) is 0 Å². The van der Waals surface area contributed by atoms with Gasteiger partial charge in [0.2, 0.25) is 0 Å². The van der Waals surface area contributed by atoms with Gasteiger partial charge < -0.3 is 10.3 Å². The Labute approximate surface area is 131 Å². The van der Waals surface area contributed by atoms with Gasteiger partial charge in [0.05, 0.1) is 5.75 Å². The maximum Gasteiger partial charge on any atom is 0.415 e. The number of alkyl halides is 3. The Bertz CT molecular complexity index is 613. The van der Waals surface area contributed by atoms with Crippen LogP contribution in [0.25, 0.3) is 0 Å². The van der Waals surface area contributed by atoms with E-state index in [2.05, 4.69) is 30.6 Å². The van der Waals surface area contributed by atoms with Crippen molar-refractivity contribution in [3.05, 3.63) is 40.5 Å². The summed E-state index contributed by atoms with van der Waals surface area (Å²) in [6, 6.07) is 7.48. The minimum Gasteiger partial charge on any atom is -0.337 e. The summed E-state index contributed by atoms with van der Waals surface area (Å²) in [5.74, 6) is -0.181. The van der Waals surface area contributed by atoms with Crippen molar-refractivity contribution in [2.75, 3.05) is 0 Å². The van der Waals surface area contributed by atoms with Gasteiger partial charge in [-0.3, -0.25) is 0 Å². The van der Waals surface area contributed by atoms with E-state index in [4.69, 9.17) is 5.73 Å². The monoisotopic (exact) mass is 381 g/mol. The van der Waals surface area contributed by atoms with Gasteiger partial charge in [-0.15, -0.1) is 11.8 Å². The first-order valence-electron chi connectivity index (χ1n) is 5.77. The molecule has 9 heteroatoms. The molecule has 1 aromatic carbocycles. The van der Waals surface area contributed by atoms with Gasteiger partial charge in [-0.05, 0) is 31.2 Å². The molecule has 1 atom stereocenters. The number of halogens is 4. The van der Waals surface area contributed by atoms with Crippen LogP contribution in [0, 0.1) is 0 Å². The SMILES string of the molecule is CC(N)(c1nc(CSc2ccc(Br)cc2)no1)C(F)(F)F. The zero-order chi connectivity index (χ0) is 15.7. The normalized spacial score (nSPS) is 15.0. The lowest BCUT2D eigenvalue weighted by atomic mass is 10.0. The van der Waals surface area contributed by atoms with Gasteiger partial charge in [0.1, 0.15) is 0 Å². The summed E-state index contributed by atoms with van der Waals surface area (Å²) < 4.78 is 43.8. The average molecular weight is 382 g/mol. The third-order valence-corrected chi connectivity index (χ3v) is 4.22. The first-order chi connectivity index (χ1) is 9.70.